The van der Waals surface area contributed by atoms with Gasteiger partial charge in [0, 0.05) is 30.9 Å². The van der Waals surface area contributed by atoms with Crippen molar-refractivity contribution in [2.75, 3.05) is 5.32 Å². The van der Waals surface area contributed by atoms with Gasteiger partial charge >= 0.3 is 0 Å². The van der Waals surface area contributed by atoms with Gasteiger partial charge in [0.1, 0.15) is 35.8 Å². The van der Waals surface area contributed by atoms with E-state index in [0.29, 0.717) is 45.3 Å². The fourth-order valence-electron chi connectivity index (χ4n) is 3.81. The lowest BCUT2D eigenvalue weighted by Gasteiger charge is -2.10. The van der Waals surface area contributed by atoms with Gasteiger partial charge in [0.05, 0.1) is 29.6 Å². The van der Waals surface area contributed by atoms with E-state index in [1.54, 1.807) is 48.4 Å². The van der Waals surface area contributed by atoms with Crippen LogP contribution in [-0.4, -0.2) is 44.5 Å². The highest BCUT2D eigenvalue weighted by Crippen LogP contribution is 2.24. The first-order valence-corrected chi connectivity index (χ1v) is 11.2. The number of ether oxygens (including phenoxy) is 1. The van der Waals surface area contributed by atoms with Crippen LogP contribution >= 0.6 is 0 Å². The van der Waals surface area contributed by atoms with Gasteiger partial charge in [-0.1, -0.05) is 0 Å². The van der Waals surface area contributed by atoms with E-state index in [9.17, 15) is 8.78 Å². The molecule has 13 heteroatoms. The molecular formula is C24H18F2N10O. The summed E-state index contributed by atoms with van der Waals surface area (Å²) < 4.78 is 36.3. The molecule has 5 aromatic heterocycles. The molecule has 0 atom stereocenters. The van der Waals surface area contributed by atoms with Gasteiger partial charge in [-0.3, -0.25) is 9.67 Å². The first-order chi connectivity index (χ1) is 18.0. The average molecular weight is 500 g/mol. The second kappa shape index (κ2) is 9.18. The van der Waals surface area contributed by atoms with Crippen LogP contribution in [0.1, 0.15) is 11.6 Å². The Kier molecular flexibility index (Phi) is 5.56. The summed E-state index contributed by atoms with van der Waals surface area (Å²) in [4.78, 5) is 13.0. The third kappa shape index (κ3) is 4.49. The van der Waals surface area contributed by atoms with E-state index in [1.807, 2.05) is 0 Å². The van der Waals surface area contributed by atoms with Crippen LogP contribution < -0.4 is 10.1 Å². The van der Waals surface area contributed by atoms with E-state index in [0.717, 1.165) is 11.8 Å². The Labute approximate surface area is 207 Å². The maximum atomic E-state index is 13.7. The van der Waals surface area contributed by atoms with E-state index < -0.39 is 11.6 Å². The van der Waals surface area contributed by atoms with Crippen LogP contribution in [0.5, 0.6) is 5.75 Å². The molecule has 0 fully saturated rings. The summed E-state index contributed by atoms with van der Waals surface area (Å²) in [5.41, 5.74) is 3.21. The quantitative estimate of drug-likeness (QED) is 0.352. The van der Waals surface area contributed by atoms with Gasteiger partial charge in [0.25, 0.3) is 0 Å². The molecule has 37 heavy (non-hydrogen) atoms. The summed E-state index contributed by atoms with van der Waals surface area (Å²) in [6.07, 6.45) is 4.74. The molecule has 6 aromatic rings. The van der Waals surface area contributed by atoms with Crippen LogP contribution in [-0.2, 0) is 20.2 Å². The zero-order valence-electron chi connectivity index (χ0n) is 19.4. The molecular weight excluding hydrogens is 482 g/mol. The Balaban J connectivity index is 1.23. The van der Waals surface area contributed by atoms with Crippen molar-refractivity contribution in [1.82, 2.24) is 44.5 Å². The summed E-state index contributed by atoms with van der Waals surface area (Å²) in [5.74, 6) is 0.378. The average Bonchev–Trinajstić information content (AvgIpc) is 3.50. The Bertz CT molecular complexity index is 1730. The largest absolute Gasteiger partial charge is 0.484 e. The molecule has 6 rings (SSSR count). The van der Waals surface area contributed by atoms with Gasteiger partial charge in [0.2, 0.25) is 0 Å². The highest BCUT2D eigenvalue weighted by molar-refractivity contribution is 5.87. The molecule has 1 N–H and O–H groups in total. The Morgan fingerprint density at radius 1 is 0.946 bits per heavy atom. The molecule has 0 aliphatic rings. The number of nitrogens with zero attached hydrogens (tertiary/aromatic N) is 9. The maximum absolute atomic E-state index is 13.7. The third-order valence-corrected chi connectivity index (χ3v) is 5.65. The van der Waals surface area contributed by atoms with Crippen molar-refractivity contribution in [3.63, 3.8) is 0 Å². The maximum Gasteiger partial charge on any atom is 0.178 e. The van der Waals surface area contributed by atoms with Crippen LogP contribution in [0.4, 0.5) is 14.5 Å². The van der Waals surface area contributed by atoms with Gasteiger partial charge in [-0.2, -0.15) is 14.7 Å². The lowest BCUT2D eigenvalue weighted by Crippen LogP contribution is -2.08. The molecule has 0 unspecified atom stereocenters. The van der Waals surface area contributed by atoms with Crippen molar-refractivity contribution in [3.8, 4) is 17.0 Å². The fraction of sp³-hybridized carbons (Fsp3) is 0.125. The van der Waals surface area contributed by atoms with E-state index in [-0.39, 0.29) is 13.2 Å². The number of anilines is 1. The zero-order chi connectivity index (χ0) is 25.4. The predicted molar refractivity (Wildman–Crippen MR) is 128 cm³/mol. The molecule has 0 spiro atoms. The van der Waals surface area contributed by atoms with Gasteiger partial charge < -0.3 is 10.1 Å². The van der Waals surface area contributed by atoms with Crippen LogP contribution in [0.3, 0.4) is 0 Å². The van der Waals surface area contributed by atoms with Crippen LogP contribution in [0, 0.1) is 11.6 Å². The molecule has 0 saturated heterocycles. The first kappa shape index (κ1) is 22.4. The van der Waals surface area contributed by atoms with Crippen LogP contribution in [0.25, 0.3) is 27.9 Å². The number of hydrogen-bond acceptors (Lipinski definition) is 9. The number of pyridine rings is 2. The van der Waals surface area contributed by atoms with Crippen molar-refractivity contribution in [2.24, 2.45) is 7.05 Å². The molecule has 11 nitrogen and oxygen atoms in total. The van der Waals surface area contributed by atoms with E-state index in [1.165, 1.54) is 23.0 Å². The van der Waals surface area contributed by atoms with Crippen molar-refractivity contribution in [2.45, 2.75) is 13.2 Å². The summed E-state index contributed by atoms with van der Waals surface area (Å²) >= 11 is 0. The van der Waals surface area contributed by atoms with Crippen LogP contribution in [0.15, 0.2) is 61.2 Å². The molecule has 1 aromatic carbocycles. The standard InChI is InChI=1S/C24H18F2N10O/c1-35-23(30-13-31-35)12-37-17-9-20-24(29-10-17)19(4-5-27-20)28-11-22-33-32-21-3-2-18(34-36(21)22)14-6-15(25)8-16(26)7-14/h2-10,13H,11-12H2,1H3,(H,27,28). The summed E-state index contributed by atoms with van der Waals surface area (Å²) in [6, 6.07) is 10.2. The minimum atomic E-state index is -0.679. The molecule has 0 radical (unpaired) electrons. The van der Waals surface area contributed by atoms with Crippen molar-refractivity contribution in [3.05, 3.63) is 84.5 Å². The molecule has 0 saturated carbocycles. The monoisotopic (exact) mass is 500 g/mol. The van der Waals surface area contributed by atoms with Crippen LogP contribution in [0.2, 0.25) is 0 Å². The fourth-order valence-corrected chi connectivity index (χ4v) is 3.81. The number of nitrogens with one attached hydrogen (secondary N) is 1. The Hall–Kier alpha value is -5.07. The lowest BCUT2D eigenvalue weighted by molar-refractivity contribution is 0.289. The molecule has 5 heterocycles. The predicted octanol–water partition coefficient (Wildman–Crippen LogP) is 3.33. The van der Waals surface area contributed by atoms with Crippen molar-refractivity contribution in [1.29, 1.82) is 0 Å². The van der Waals surface area contributed by atoms with Gasteiger partial charge in [-0.25, -0.2) is 18.7 Å². The molecule has 0 amide bonds. The third-order valence-electron chi connectivity index (χ3n) is 5.65. The second-order valence-corrected chi connectivity index (χ2v) is 8.10. The Morgan fingerprint density at radius 2 is 1.81 bits per heavy atom. The lowest BCUT2D eigenvalue weighted by atomic mass is 10.1. The highest BCUT2D eigenvalue weighted by Gasteiger charge is 2.12. The smallest absolute Gasteiger partial charge is 0.178 e. The molecule has 0 aliphatic carbocycles. The van der Waals surface area contributed by atoms with Gasteiger partial charge in [0.15, 0.2) is 17.3 Å². The molecule has 0 bridgehead atoms. The molecule has 184 valence electrons. The summed E-state index contributed by atoms with van der Waals surface area (Å²) in [6.45, 7) is 0.513. The van der Waals surface area contributed by atoms with E-state index >= 15 is 0 Å². The number of rotatable bonds is 7. The van der Waals surface area contributed by atoms with Crippen molar-refractivity contribution >= 4 is 22.4 Å². The number of aryl methyl sites for hydroxylation is 1. The minimum absolute atomic E-state index is 0.249. The SMILES string of the molecule is Cn1ncnc1COc1cnc2c(NCc3nnc4ccc(-c5cc(F)cc(F)c5)nn34)ccnc2c1. The topological polar surface area (TPSA) is 121 Å². The Morgan fingerprint density at radius 3 is 2.62 bits per heavy atom. The van der Waals surface area contributed by atoms with E-state index in [2.05, 4.69) is 40.7 Å². The number of halogens is 2. The normalized spacial score (nSPS) is 11.3. The number of benzene rings is 1. The summed E-state index contributed by atoms with van der Waals surface area (Å²) in [5, 5.41) is 20.1. The van der Waals surface area contributed by atoms with E-state index in [4.69, 9.17) is 4.74 Å². The number of aromatic nitrogens is 9. The zero-order valence-corrected chi connectivity index (χ0v) is 19.4. The first-order valence-electron chi connectivity index (χ1n) is 11.2. The number of hydrogen-bond donors (Lipinski definition) is 1. The summed E-state index contributed by atoms with van der Waals surface area (Å²) in [7, 11) is 1.79. The van der Waals surface area contributed by atoms with Gasteiger partial charge in [-0.15, -0.1) is 10.2 Å². The molecule has 0 aliphatic heterocycles. The highest BCUT2D eigenvalue weighted by atomic mass is 19.1. The minimum Gasteiger partial charge on any atom is -0.484 e. The van der Waals surface area contributed by atoms with Crippen molar-refractivity contribution < 1.29 is 13.5 Å². The number of fused-ring (bicyclic) bond motifs is 2. The van der Waals surface area contributed by atoms with Gasteiger partial charge in [-0.05, 0) is 30.3 Å². The second-order valence-electron chi connectivity index (χ2n) is 8.10.